The summed E-state index contributed by atoms with van der Waals surface area (Å²) in [5, 5.41) is 16.5. The molecule has 0 aliphatic heterocycles. The molecule has 2 aromatic carbocycles. The van der Waals surface area contributed by atoms with Gasteiger partial charge >= 0.3 is 6.61 Å². The fourth-order valence-corrected chi connectivity index (χ4v) is 2.95. The summed E-state index contributed by atoms with van der Waals surface area (Å²) in [6, 6.07) is 17.0. The molecule has 1 aromatic heterocycles. The molecule has 9 heteroatoms. The highest BCUT2D eigenvalue weighted by Crippen LogP contribution is 2.22. The summed E-state index contributed by atoms with van der Waals surface area (Å²) in [6.07, 6.45) is 0.881. The maximum Gasteiger partial charge on any atom is 0.387 e. The molecule has 0 aliphatic carbocycles. The van der Waals surface area contributed by atoms with E-state index in [4.69, 9.17) is 5.73 Å². The SMILES string of the molecule is N#Cc1c(CCCNC(=O)c2ccccc2OC(F)F)nn(-c2ccccc2)c1N. The third kappa shape index (κ3) is 4.72. The van der Waals surface area contributed by atoms with Gasteiger partial charge in [-0.3, -0.25) is 4.79 Å². The number of alkyl halides is 2. The smallest absolute Gasteiger partial charge is 0.387 e. The number of benzene rings is 2. The van der Waals surface area contributed by atoms with E-state index in [1.807, 2.05) is 30.3 Å². The molecule has 1 heterocycles. The van der Waals surface area contributed by atoms with Gasteiger partial charge in [-0.1, -0.05) is 30.3 Å². The zero-order valence-corrected chi connectivity index (χ0v) is 15.9. The first-order valence-electron chi connectivity index (χ1n) is 9.16. The first-order valence-corrected chi connectivity index (χ1v) is 9.16. The number of amides is 1. The van der Waals surface area contributed by atoms with Crippen LogP contribution in [0, 0.1) is 11.3 Å². The molecule has 1 amide bonds. The van der Waals surface area contributed by atoms with E-state index < -0.39 is 12.5 Å². The van der Waals surface area contributed by atoms with Crippen molar-refractivity contribution in [1.29, 1.82) is 5.26 Å². The van der Waals surface area contributed by atoms with Crippen molar-refractivity contribution in [3.63, 3.8) is 0 Å². The second kappa shape index (κ2) is 9.52. The van der Waals surface area contributed by atoms with Gasteiger partial charge in [0.1, 0.15) is 23.2 Å². The van der Waals surface area contributed by atoms with Crippen LogP contribution in [0.1, 0.15) is 28.0 Å². The van der Waals surface area contributed by atoms with Crippen molar-refractivity contribution < 1.29 is 18.3 Å². The molecule has 0 fully saturated rings. The first-order chi connectivity index (χ1) is 14.5. The van der Waals surface area contributed by atoms with Crippen LogP contribution in [0.2, 0.25) is 0 Å². The van der Waals surface area contributed by atoms with Crippen LogP contribution >= 0.6 is 0 Å². The Labute approximate surface area is 171 Å². The fraction of sp³-hybridized carbons (Fsp3) is 0.190. The molecule has 3 N–H and O–H groups in total. The minimum absolute atomic E-state index is 0.0214. The quantitative estimate of drug-likeness (QED) is 0.553. The second-order valence-corrected chi connectivity index (χ2v) is 6.30. The van der Waals surface area contributed by atoms with Crippen molar-refractivity contribution in [2.24, 2.45) is 0 Å². The lowest BCUT2D eigenvalue weighted by Gasteiger charge is -2.10. The monoisotopic (exact) mass is 411 g/mol. The lowest BCUT2D eigenvalue weighted by molar-refractivity contribution is -0.0501. The van der Waals surface area contributed by atoms with Crippen molar-refractivity contribution in [1.82, 2.24) is 15.1 Å². The van der Waals surface area contributed by atoms with Gasteiger partial charge in [0.05, 0.1) is 16.9 Å². The number of aromatic nitrogens is 2. The van der Waals surface area contributed by atoms with Gasteiger partial charge in [-0.25, -0.2) is 4.68 Å². The van der Waals surface area contributed by atoms with Crippen LogP contribution in [0.15, 0.2) is 54.6 Å². The Hall–Kier alpha value is -3.93. The van der Waals surface area contributed by atoms with Crippen molar-refractivity contribution in [2.45, 2.75) is 19.5 Å². The number of aryl methyl sites for hydroxylation is 1. The van der Waals surface area contributed by atoms with E-state index >= 15 is 0 Å². The molecule has 0 saturated carbocycles. The Morgan fingerprint density at radius 3 is 2.60 bits per heavy atom. The third-order valence-corrected chi connectivity index (χ3v) is 4.33. The topological polar surface area (TPSA) is 106 Å². The molecule has 0 spiro atoms. The van der Waals surface area contributed by atoms with Crippen molar-refractivity contribution in [2.75, 3.05) is 12.3 Å². The Bertz CT molecular complexity index is 1060. The summed E-state index contributed by atoms with van der Waals surface area (Å²) in [5.74, 6) is -0.465. The number of nitrogen functional groups attached to an aromatic ring is 1. The van der Waals surface area contributed by atoms with Crippen LogP contribution in [0.25, 0.3) is 5.69 Å². The van der Waals surface area contributed by atoms with Crippen LogP contribution in [-0.2, 0) is 6.42 Å². The summed E-state index contributed by atoms with van der Waals surface area (Å²) >= 11 is 0. The van der Waals surface area contributed by atoms with E-state index in [-0.39, 0.29) is 23.7 Å². The number of hydrogen-bond acceptors (Lipinski definition) is 5. The number of carbonyl (C=O) groups excluding carboxylic acids is 1. The van der Waals surface area contributed by atoms with Crippen molar-refractivity contribution in [3.05, 3.63) is 71.4 Å². The highest BCUT2D eigenvalue weighted by atomic mass is 19.3. The number of anilines is 1. The normalized spacial score (nSPS) is 10.6. The van der Waals surface area contributed by atoms with Gasteiger partial charge in [-0.2, -0.15) is 19.1 Å². The number of rotatable bonds is 8. The van der Waals surface area contributed by atoms with E-state index in [1.54, 1.807) is 6.07 Å². The molecule has 0 bridgehead atoms. The van der Waals surface area contributed by atoms with Gasteiger partial charge in [-0.05, 0) is 37.1 Å². The lowest BCUT2D eigenvalue weighted by Crippen LogP contribution is -2.25. The molecule has 7 nitrogen and oxygen atoms in total. The summed E-state index contributed by atoms with van der Waals surface area (Å²) < 4.78 is 30.9. The van der Waals surface area contributed by atoms with Gasteiger partial charge in [0.25, 0.3) is 5.91 Å². The minimum atomic E-state index is -3.02. The van der Waals surface area contributed by atoms with Gasteiger partial charge in [0, 0.05) is 6.54 Å². The Morgan fingerprint density at radius 2 is 1.90 bits per heavy atom. The predicted octanol–water partition coefficient (Wildman–Crippen LogP) is 3.29. The number of ether oxygens (including phenoxy) is 1. The Kier molecular flexibility index (Phi) is 6.60. The van der Waals surface area contributed by atoms with Gasteiger partial charge in [0.15, 0.2) is 0 Å². The minimum Gasteiger partial charge on any atom is -0.434 e. The summed E-state index contributed by atoms with van der Waals surface area (Å²) in [6.45, 7) is -2.77. The van der Waals surface area contributed by atoms with Gasteiger partial charge in [0.2, 0.25) is 0 Å². The predicted molar refractivity (Wildman–Crippen MR) is 106 cm³/mol. The third-order valence-electron chi connectivity index (χ3n) is 4.33. The van der Waals surface area contributed by atoms with Gasteiger partial charge < -0.3 is 15.8 Å². The van der Waals surface area contributed by atoms with Crippen molar-refractivity contribution >= 4 is 11.7 Å². The number of nitrogens with zero attached hydrogens (tertiary/aromatic N) is 3. The average molecular weight is 411 g/mol. The number of para-hydroxylation sites is 2. The van der Waals surface area contributed by atoms with Crippen LogP contribution in [-0.4, -0.2) is 28.8 Å². The van der Waals surface area contributed by atoms with E-state index in [2.05, 4.69) is 21.2 Å². The number of halogens is 2. The van der Waals surface area contributed by atoms with E-state index in [9.17, 15) is 18.8 Å². The molecule has 30 heavy (non-hydrogen) atoms. The number of nitrogens with two attached hydrogens (primary N) is 1. The van der Waals surface area contributed by atoms with Crippen LogP contribution < -0.4 is 15.8 Å². The maximum atomic E-state index is 12.5. The fourth-order valence-electron chi connectivity index (χ4n) is 2.95. The largest absolute Gasteiger partial charge is 0.434 e. The molecular formula is C21H19F2N5O2. The molecule has 154 valence electrons. The standard InChI is InChI=1S/C21H19F2N5O2/c22-21(23)30-18-11-5-4-9-15(18)20(29)26-12-6-10-17-16(13-24)19(25)28(27-17)14-7-2-1-3-8-14/h1-5,7-9,11,21H,6,10,12,25H2,(H,26,29). The molecule has 0 atom stereocenters. The lowest BCUT2D eigenvalue weighted by atomic mass is 10.1. The summed E-state index contributed by atoms with van der Waals surface area (Å²) in [4.78, 5) is 12.3. The van der Waals surface area contributed by atoms with E-state index in [1.165, 1.54) is 22.9 Å². The maximum absolute atomic E-state index is 12.5. The molecule has 0 saturated heterocycles. The number of hydrogen-bond donors (Lipinski definition) is 2. The Morgan fingerprint density at radius 1 is 1.20 bits per heavy atom. The molecule has 0 unspecified atom stereocenters. The summed E-state index contributed by atoms with van der Waals surface area (Å²) in [7, 11) is 0. The average Bonchev–Trinajstić information content (AvgIpc) is 3.07. The van der Waals surface area contributed by atoms with Crippen LogP contribution in [0.4, 0.5) is 14.6 Å². The number of carbonyl (C=O) groups is 1. The zero-order chi connectivity index (χ0) is 21.5. The first kappa shape index (κ1) is 20.8. The molecule has 0 radical (unpaired) electrons. The van der Waals surface area contributed by atoms with E-state index in [0.717, 1.165) is 5.69 Å². The van der Waals surface area contributed by atoms with Crippen LogP contribution in [0.5, 0.6) is 5.75 Å². The van der Waals surface area contributed by atoms with Crippen molar-refractivity contribution in [3.8, 4) is 17.5 Å². The Balaban J connectivity index is 1.63. The molecule has 0 aliphatic rings. The van der Waals surface area contributed by atoms with Gasteiger partial charge in [-0.15, -0.1) is 0 Å². The van der Waals surface area contributed by atoms with E-state index in [0.29, 0.717) is 24.1 Å². The highest BCUT2D eigenvalue weighted by molar-refractivity contribution is 5.96. The second-order valence-electron chi connectivity index (χ2n) is 6.30. The summed E-state index contributed by atoms with van der Waals surface area (Å²) in [5.41, 5.74) is 7.64. The number of nitrogens with one attached hydrogen (secondary N) is 1. The zero-order valence-electron chi connectivity index (χ0n) is 15.9. The van der Waals surface area contributed by atoms with Crippen LogP contribution in [0.3, 0.4) is 0 Å². The molecule has 3 aromatic rings. The highest BCUT2D eigenvalue weighted by Gasteiger charge is 2.17. The molecule has 3 rings (SSSR count). The molecular weight excluding hydrogens is 392 g/mol. The number of nitriles is 1.